The van der Waals surface area contributed by atoms with E-state index in [1.54, 1.807) is 0 Å². The van der Waals surface area contributed by atoms with Crippen LogP contribution in [0.5, 0.6) is 0 Å². The summed E-state index contributed by atoms with van der Waals surface area (Å²) >= 11 is 0. The fourth-order valence-electron chi connectivity index (χ4n) is 3.02. The van der Waals surface area contributed by atoms with Gasteiger partial charge in [-0.15, -0.1) is 0 Å². The first-order chi connectivity index (χ1) is 10.9. The number of hydrogen-bond donors (Lipinski definition) is 0. The first-order valence-electron chi connectivity index (χ1n) is 10.4. The Bertz CT molecular complexity index is 204. The minimum Gasteiger partial charge on any atom is -0.0888 e. The largest absolute Gasteiger partial charge is 0.0888 e. The van der Waals surface area contributed by atoms with Gasteiger partial charge in [-0.1, -0.05) is 122 Å². The van der Waals surface area contributed by atoms with Crippen molar-refractivity contribution in [3.63, 3.8) is 0 Å². The molecule has 0 aromatic rings. The monoisotopic (exact) mass is 307 g/mol. The molecule has 0 heteroatoms. The standard InChI is InChI=1S/C22H43/c1-3-5-7-9-11-13-15-17-19-21-22-20-18-16-14-12-10-8-6-4-2/h6,8H,1,3-5,7,9-22H2,2H3. The summed E-state index contributed by atoms with van der Waals surface area (Å²) in [4.78, 5) is 0. The quantitative estimate of drug-likeness (QED) is 0.176. The zero-order valence-electron chi connectivity index (χ0n) is 15.6. The highest BCUT2D eigenvalue weighted by molar-refractivity contribution is 4.79. The molecule has 0 bridgehead atoms. The summed E-state index contributed by atoms with van der Waals surface area (Å²) in [6.45, 7) is 6.11. The third kappa shape index (κ3) is 19.7. The Kier molecular flexibility index (Phi) is 20.5. The van der Waals surface area contributed by atoms with Crippen molar-refractivity contribution in [3.8, 4) is 0 Å². The fraction of sp³-hybridized carbons (Fsp3) is 0.864. The molecule has 0 fully saturated rings. The molecule has 131 valence electrons. The van der Waals surface area contributed by atoms with Crippen molar-refractivity contribution in [2.24, 2.45) is 0 Å². The Morgan fingerprint density at radius 1 is 0.500 bits per heavy atom. The highest BCUT2D eigenvalue weighted by atomic mass is 14.0. The topological polar surface area (TPSA) is 0 Å². The second-order valence-corrected chi connectivity index (χ2v) is 6.83. The van der Waals surface area contributed by atoms with Gasteiger partial charge in [0.1, 0.15) is 0 Å². The van der Waals surface area contributed by atoms with Gasteiger partial charge < -0.3 is 0 Å². The van der Waals surface area contributed by atoms with Crippen molar-refractivity contribution in [2.45, 2.75) is 122 Å². The van der Waals surface area contributed by atoms with Crippen LogP contribution < -0.4 is 0 Å². The van der Waals surface area contributed by atoms with Crippen LogP contribution in [-0.2, 0) is 0 Å². The molecule has 0 saturated carbocycles. The molecule has 0 atom stereocenters. The second kappa shape index (κ2) is 20.7. The molecule has 0 rings (SSSR count). The van der Waals surface area contributed by atoms with Crippen molar-refractivity contribution in [2.75, 3.05) is 0 Å². The predicted octanol–water partition coefficient (Wildman–Crippen LogP) is 8.42. The van der Waals surface area contributed by atoms with E-state index in [4.69, 9.17) is 0 Å². The number of unbranched alkanes of at least 4 members (excludes halogenated alkanes) is 16. The fourth-order valence-corrected chi connectivity index (χ4v) is 3.02. The van der Waals surface area contributed by atoms with Crippen LogP contribution in [0.15, 0.2) is 12.2 Å². The highest BCUT2D eigenvalue weighted by Crippen LogP contribution is 2.14. The van der Waals surface area contributed by atoms with Crippen LogP contribution in [0.2, 0.25) is 0 Å². The highest BCUT2D eigenvalue weighted by Gasteiger charge is 1.94. The Hall–Kier alpha value is -0.260. The third-order valence-electron chi connectivity index (χ3n) is 4.52. The molecule has 0 nitrogen and oxygen atoms in total. The molecule has 0 amide bonds. The summed E-state index contributed by atoms with van der Waals surface area (Å²) in [7, 11) is 0. The first-order valence-corrected chi connectivity index (χ1v) is 10.4. The van der Waals surface area contributed by atoms with Gasteiger partial charge in [-0.3, -0.25) is 0 Å². The van der Waals surface area contributed by atoms with E-state index in [2.05, 4.69) is 26.0 Å². The third-order valence-corrected chi connectivity index (χ3v) is 4.52. The van der Waals surface area contributed by atoms with E-state index in [0.29, 0.717) is 0 Å². The lowest BCUT2D eigenvalue weighted by Gasteiger charge is -2.03. The predicted molar refractivity (Wildman–Crippen MR) is 103 cm³/mol. The molecule has 0 aromatic carbocycles. The van der Waals surface area contributed by atoms with Gasteiger partial charge in [0.2, 0.25) is 0 Å². The van der Waals surface area contributed by atoms with E-state index in [0.717, 1.165) is 6.42 Å². The van der Waals surface area contributed by atoms with Crippen LogP contribution in [0.1, 0.15) is 122 Å². The normalized spacial score (nSPS) is 11.5. The Balaban J connectivity index is 2.95. The molecule has 22 heavy (non-hydrogen) atoms. The lowest BCUT2D eigenvalue weighted by molar-refractivity contribution is 0.531. The number of hydrogen-bond acceptors (Lipinski definition) is 0. The van der Waals surface area contributed by atoms with Crippen LogP contribution in [-0.4, -0.2) is 0 Å². The molecule has 0 unspecified atom stereocenters. The lowest BCUT2D eigenvalue weighted by atomic mass is 10.0. The SMILES string of the molecule is [CH2]CCCCCCCCCCCCCCCCCC=CCC. The minimum atomic E-state index is 1.12. The van der Waals surface area contributed by atoms with Gasteiger partial charge >= 0.3 is 0 Å². The van der Waals surface area contributed by atoms with E-state index in [9.17, 15) is 0 Å². The average Bonchev–Trinajstić information content (AvgIpc) is 2.54. The van der Waals surface area contributed by atoms with Crippen molar-refractivity contribution in [3.05, 3.63) is 19.1 Å². The zero-order valence-corrected chi connectivity index (χ0v) is 15.6. The van der Waals surface area contributed by atoms with Crippen LogP contribution in [0.3, 0.4) is 0 Å². The molecular formula is C22H43. The summed E-state index contributed by atoms with van der Waals surface area (Å²) in [6.07, 6.45) is 29.9. The molecular weight excluding hydrogens is 264 g/mol. The average molecular weight is 308 g/mol. The van der Waals surface area contributed by atoms with E-state index in [1.807, 2.05) is 0 Å². The molecule has 0 saturated heterocycles. The van der Waals surface area contributed by atoms with Gasteiger partial charge in [-0.2, -0.15) is 0 Å². The number of allylic oxidation sites excluding steroid dienone is 2. The van der Waals surface area contributed by atoms with Gasteiger partial charge in [0.15, 0.2) is 0 Å². The maximum atomic E-state index is 3.90. The molecule has 0 heterocycles. The van der Waals surface area contributed by atoms with E-state index in [1.165, 1.54) is 109 Å². The van der Waals surface area contributed by atoms with Crippen LogP contribution >= 0.6 is 0 Å². The summed E-state index contributed by atoms with van der Waals surface area (Å²) in [5.74, 6) is 0. The lowest BCUT2D eigenvalue weighted by Crippen LogP contribution is -1.83. The molecule has 0 aromatic heterocycles. The molecule has 0 aliphatic rings. The van der Waals surface area contributed by atoms with E-state index in [-0.39, 0.29) is 0 Å². The Morgan fingerprint density at radius 3 is 1.23 bits per heavy atom. The zero-order chi connectivity index (χ0) is 16.1. The van der Waals surface area contributed by atoms with Crippen molar-refractivity contribution < 1.29 is 0 Å². The molecule has 0 aliphatic carbocycles. The van der Waals surface area contributed by atoms with E-state index < -0.39 is 0 Å². The summed E-state index contributed by atoms with van der Waals surface area (Å²) in [6, 6.07) is 0. The van der Waals surface area contributed by atoms with Crippen molar-refractivity contribution >= 4 is 0 Å². The Morgan fingerprint density at radius 2 is 0.864 bits per heavy atom. The smallest absolute Gasteiger partial charge is 0.0351 e. The van der Waals surface area contributed by atoms with Gasteiger partial charge in [-0.05, 0) is 19.3 Å². The molecule has 0 N–H and O–H groups in total. The minimum absolute atomic E-state index is 1.12. The van der Waals surface area contributed by atoms with Gasteiger partial charge in [0.05, 0.1) is 0 Å². The molecule has 0 spiro atoms. The number of rotatable bonds is 18. The van der Waals surface area contributed by atoms with E-state index >= 15 is 0 Å². The molecule has 1 radical (unpaired) electrons. The van der Waals surface area contributed by atoms with Crippen LogP contribution in [0.25, 0.3) is 0 Å². The van der Waals surface area contributed by atoms with Gasteiger partial charge in [0, 0.05) is 0 Å². The van der Waals surface area contributed by atoms with Gasteiger partial charge in [-0.25, -0.2) is 0 Å². The van der Waals surface area contributed by atoms with Gasteiger partial charge in [0.25, 0.3) is 0 Å². The van der Waals surface area contributed by atoms with Crippen LogP contribution in [0, 0.1) is 6.92 Å². The van der Waals surface area contributed by atoms with Crippen molar-refractivity contribution in [1.29, 1.82) is 0 Å². The van der Waals surface area contributed by atoms with Crippen LogP contribution in [0.4, 0.5) is 0 Å². The summed E-state index contributed by atoms with van der Waals surface area (Å²) in [5.41, 5.74) is 0. The second-order valence-electron chi connectivity index (χ2n) is 6.83. The summed E-state index contributed by atoms with van der Waals surface area (Å²) < 4.78 is 0. The molecule has 0 aliphatic heterocycles. The maximum Gasteiger partial charge on any atom is -0.0351 e. The van der Waals surface area contributed by atoms with Crippen molar-refractivity contribution in [1.82, 2.24) is 0 Å². The maximum absolute atomic E-state index is 3.90. The summed E-state index contributed by atoms with van der Waals surface area (Å²) in [5, 5.41) is 0. The first kappa shape index (κ1) is 21.7. The Labute approximate surface area is 142 Å².